The molecule has 5 nitrogen and oxygen atoms in total. The van der Waals surface area contributed by atoms with E-state index in [1.165, 1.54) is 30.5 Å². The van der Waals surface area contributed by atoms with Crippen molar-refractivity contribution in [3.63, 3.8) is 0 Å². The van der Waals surface area contributed by atoms with Crippen molar-refractivity contribution in [2.75, 3.05) is 11.6 Å². The number of hydrazone groups is 1. The fourth-order valence-corrected chi connectivity index (χ4v) is 2.04. The van der Waals surface area contributed by atoms with Crippen LogP contribution in [0.15, 0.2) is 58.5 Å². The van der Waals surface area contributed by atoms with E-state index in [2.05, 4.69) is 15.8 Å². The normalized spacial score (nSPS) is 10.5. The van der Waals surface area contributed by atoms with Crippen molar-refractivity contribution in [3.8, 4) is 0 Å². The molecule has 0 spiro atoms. The van der Waals surface area contributed by atoms with Crippen molar-refractivity contribution in [2.45, 2.75) is 4.90 Å². The molecule has 2 N–H and O–H groups in total. The molecule has 0 aromatic heterocycles. The summed E-state index contributed by atoms with van der Waals surface area (Å²) >= 11 is 1.62. The lowest BCUT2D eigenvalue weighted by atomic mass is 10.2. The molecule has 0 fully saturated rings. The molecule has 2 rings (SSSR count). The first-order valence-electron chi connectivity index (χ1n) is 6.62. The highest BCUT2D eigenvalue weighted by Crippen LogP contribution is 2.13. The van der Waals surface area contributed by atoms with Gasteiger partial charge in [0, 0.05) is 10.6 Å². The van der Waals surface area contributed by atoms with E-state index in [0.717, 1.165) is 10.5 Å². The standard InChI is InChI=1S/C16H14FN3O2S/c1-23-14-8-2-11(3-9-14)10-18-20-16(22)15(21)19-13-6-4-12(17)5-7-13/h2-10H,1H3,(H,19,21)(H,20,22)/b18-10+. The topological polar surface area (TPSA) is 70.6 Å². The molecule has 0 bridgehead atoms. The number of carbonyl (C=O) groups is 2. The lowest BCUT2D eigenvalue weighted by Crippen LogP contribution is -2.32. The summed E-state index contributed by atoms with van der Waals surface area (Å²) in [5.74, 6) is -2.22. The lowest BCUT2D eigenvalue weighted by molar-refractivity contribution is -0.136. The van der Waals surface area contributed by atoms with Crippen LogP contribution < -0.4 is 10.7 Å². The van der Waals surface area contributed by atoms with Crippen LogP contribution in [0.5, 0.6) is 0 Å². The predicted molar refractivity (Wildman–Crippen MR) is 89.0 cm³/mol. The first-order valence-corrected chi connectivity index (χ1v) is 7.85. The molecule has 2 aromatic carbocycles. The lowest BCUT2D eigenvalue weighted by Gasteiger charge is -2.03. The van der Waals surface area contributed by atoms with Crippen LogP contribution in [0.1, 0.15) is 5.56 Å². The molecular weight excluding hydrogens is 317 g/mol. The predicted octanol–water partition coefficient (Wildman–Crippen LogP) is 2.64. The number of rotatable bonds is 4. The van der Waals surface area contributed by atoms with Crippen LogP contribution >= 0.6 is 11.8 Å². The van der Waals surface area contributed by atoms with E-state index >= 15 is 0 Å². The zero-order chi connectivity index (χ0) is 16.7. The van der Waals surface area contributed by atoms with Crippen molar-refractivity contribution in [2.24, 2.45) is 5.10 Å². The highest BCUT2D eigenvalue weighted by Gasteiger charge is 2.12. The summed E-state index contributed by atoms with van der Waals surface area (Å²) in [5.41, 5.74) is 3.25. The molecule has 2 aromatic rings. The van der Waals surface area contributed by atoms with E-state index in [1.807, 2.05) is 30.5 Å². The number of carbonyl (C=O) groups excluding carboxylic acids is 2. The number of hydrogen-bond donors (Lipinski definition) is 2. The van der Waals surface area contributed by atoms with Gasteiger partial charge in [-0.15, -0.1) is 11.8 Å². The number of benzene rings is 2. The SMILES string of the molecule is CSc1ccc(/C=N/NC(=O)C(=O)Nc2ccc(F)cc2)cc1. The summed E-state index contributed by atoms with van der Waals surface area (Å²) in [7, 11) is 0. The Hall–Kier alpha value is -2.67. The minimum absolute atomic E-state index is 0.322. The van der Waals surface area contributed by atoms with Crippen LogP contribution in [0.2, 0.25) is 0 Å². The monoisotopic (exact) mass is 331 g/mol. The van der Waals surface area contributed by atoms with Crippen LogP contribution in [0.4, 0.5) is 10.1 Å². The molecule has 118 valence electrons. The van der Waals surface area contributed by atoms with E-state index < -0.39 is 17.6 Å². The Bertz CT molecular complexity index is 715. The molecule has 7 heteroatoms. The van der Waals surface area contributed by atoms with Gasteiger partial charge in [0.1, 0.15) is 5.82 Å². The van der Waals surface area contributed by atoms with Crippen molar-refractivity contribution in [1.29, 1.82) is 0 Å². The van der Waals surface area contributed by atoms with Gasteiger partial charge in [0.25, 0.3) is 0 Å². The van der Waals surface area contributed by atoms with Crippen molar-refractivity contribution in [3.05, 3.63) is 59.9 Å². The second-order valence-electron chi connectivity index (χ2n) is 4.43. The zero-order valence-corrected chi connectivity index (χ0v) is 13.1. The second-order valence-corrected chi connectivity index (χ2v) is 5.31. The molecule has 0 aliphatic carbocycles. The molecule has 0 aliphatic heterocycles. The third kappa shape index (κ3) is 5.23. The largest absolute Gasteiger partial charge is 0.329 e. The molecule has 0 aliphatic rings. The number of amides is 2. The highest BCUT2D eigenvalue weighted by molar-refractivity contribution is 7.98. The molecule has 23 heavy (non-hydrogen) atoms. The van der Waals surface area contributed by atoms with Crippen LogP contribution in [-0.4, -0.2) is 24.3 Å². The molecule has 0 atom stereocenters. The Morgan fingerprint density at radius 2 is 1.70 bits per heavy atom. The summed E-state index contributed by atoms with van der Waals surface area (Å²) in [6.07, 6.45) is 3.41. The fourth-order valence-electron chi connectivity index (χ4n) is 1.63. The van der Waals surface area contributed by atoms with E-state index in [4.69, 9.17) is 0 Å². The number of nitrogens with zero attached hydrogens (tertiary/aromatic N) is 1. The third-order valence-electron chi connectivity index (χ3n) is 2.80. The molecule has 0 heterocycles. The smallest absolute Gasteiger partial charge is 0.318 e. The molecule has 0 radical (unpaired) electrons. The van der Waals surface area contributed by atoms with E-state index in [9.17, 15) is 14.0 Å². The van der Waals surface area contributed by atoms with Gasteiger partial charge >= 0.3 is 11.8 Å². The number of hydrogen-bond acceptors (Lipinski definition) is 4. The second kappa shape index (κ2) is 8.09. The van der Waals surface area contributed by atoms with Gasteiger partial charge in [0.2, 0.25) is 0 Å². The van der Waals surface area contributed by atoms with Gasteiger partial charge in [0.15, 0.2) is 0 Å². The Morgan fingerprint density at radius 3 is 2.30 bits per heavy atom. The Morgan fingerprint density at radius 1 is 1.04 bits per heavy atom. The minimum Gasteiger partial charge on any atom is -0.318 e. The zero-order valence-electron chi connectivity index (χ0n) is 12.2. The van der Waals surface area contributed by atoms with Gasteiger partial charge in [-0.05, 0) is 48.2 Å². The first-order chi connectivity index (χ1) is 11.1. The number of thioether (sulfide) groups is 1. The summed E-state index contributed by atoms with van der Waals surface area (Å²) in [6, 6.07) is 12.6. The maximum absolute atomic E-state index is 12.7. The van der Waals surface area contributed by atoms with Crippen LogP contribution in [-0.2, 0) is 9.59 Å². The highest BCUT2D eigenvalue weighted by atomic mass is 32.2. The number of nitrogens with one attached hydrogen (secondary N) is 2. The average molecular weight is 331 g/mol. The van der Waals surface area contributed by atoms with Gasteiger partial charge in [-0.25, -0.2) is 9.82 Å². The number of anilines is 1. The van der Waals surface area contributed by atoms with Crippen molar-refractivity contribution in [1.82, 2.24) is 5.43 Å². The Kier molecular flexibility index (Phi) is 5.87. The summed E-state index contributed by atoms with van der Waals surface area (Å²) in [6.45, 7) is 0. The summed E-state index contributed by atoms with van der Waals surface area (Å²) < 4.78 is 12.7. The van der Waals surface area contributed by atoms with Crippen LogP contribution in [0.25, 0.3) is 0 Å². The third-order valence-corrected chi connectivity index (χ3v) is 3.55. The summed E-state index contributed by atoms with van der Waals surface area (Å²) in [4.78, 5) is 24.3. The maximum atomic E-state index is 12.7. The molecular formula is C16H14FN3O2S. The van der Waals surface area contributed by atoms with Gasteiger partial charge in [-0.1, -0.05) is 12.1 Å². The maximum Gasteiger partial charge on any atom is 0.329 e. The Labute approximate surface area is 137 Å². The van der Waals surface area contributed by atoms with Gasteiger partial charge in [-0.3, -0.25) is 9.59 Å². The van der Waals surface area contributed by atoms with Gasteiger partial charge < -0.3 is 5.32 Å². The average Bonchev–Trinajstić information content (AvgIpc) is 2.57. The van der Waals surface area contributed by atoms with Crippen LogP contribution in [0.3, 0.4) is 0 Å². The molecule has 0 saturated heterocycles. The van der Waals surface area contributed by atoms with E-state index in [-0.39, 0.29) is 0 Å². The van der Waals surface area contributed by atoms with E-state index in [1.54, 1.807) is 11.8 Å². The molecule has 0 saturated carbocycles. The minimum atomic E-state index is -0.911. The summed E-state index contributed by atoms with van der Waals surface area (Å²) in [5, 5.41) is 6.06. The molecule has 0 unspecified atom stereocenters. The Balaban J connectivity index is 1.86. The first kappa shape index (κ1) is 16.7. The molecule has 2 amide bonds. The van der Waals surface area contributed by atoms with E-state index in [0.29, 0.717) is 5.69 Å². The number of halogens is 1. The quantitative estimate of drug-likeness (QED) is 0.392. The van der Waals surface area contributed by atoms with Gasteiger partial charge in [0.05, 0.1) is 6.21 Å². The fraction of sp³-hybridized carbons (Fsp3) is 0.0625. The van der Waals surface area contributed by atoms with Crippen molar-refractivity contribution >= 4 is 35.5 Å². The van der Waals surface area contributed by atoms with Gasteiger partial charge in [-0.2, -0.15) is 5.10 Å². The van der Waals surface area contributed by atoms with Crippen molar-refractivity contribution < 1.29 is 14.0 Å². The van der Waals surface area contributed by atoms with Crippen LogP contribution in [0, 0.1) is 5.82 Å².